The van der Waals surface area contributed by atoms with Crippen molar-refractivity contribution in [3.63, 3.8) is 0 Å². The van der Waals surface area contributed by atoms with Gasteiger partial charge in [-0.15, -0.1) is 10.2 Å². The zero-order valence-corrected chi connectivity index (χ0v) is 24.7. The lowest BCUT2D eigenvalue weighted by Gasteiger charge is -2.39. The minimum atomic E-state index is -0.604. The van der Waals surface area contributed by atoms with Crippen LogP contribution in [0.1, 0.15) is 24.0 Å². The molecule has 3 amide bonds. The van der Waals surface area contributed by atoms with Gasteiger partial charge in [0.1, 0.15) is 24.0 Å². The van der Waals surface area contributed by atoms with Gasteiger partial charge >= 0.3 is 0 Å². The van der Waals surface area contributed by atoms with Crippen LogP contribution in [0.15, 0.2) is 47.9 Å². The number of likely N-dealkylation sites (tertiary alicyclic amines) is 1. The third-order valence-corrected chi connectivity index (χ3v) is 8.20. The van der Waals surface area contributed by atoms with E-state index in [4.69, 9.17) is 14.2 Å². The summed E-state index contributed by atoms with van der Waals surface area (Å²) in [5.41, 5.74) is 1.37. The standard InChI is InChI=1S/C29H33FN6O6S/c1-35-17-32-34-29(35)43-16-28(39)36-8-7-23-22(14-36)33-27(38)15-41-25-11-18(3-5-24(25)40-2)4-6-26(37)31-13-19-9-20(30)12-21(10-19)42-23/h3,5,9-12,17,22-23H,4,6-8,13-16H2,1-2H3,(H,31,37)(H,33,38)/t22-,23-/m1/s1. The Balaban J connectivity index is 1.36. The molecule has 0 spiro atoms. The summed E-state index contributed by atoms with van der Waals surface area (Å²) in [5, 5.41) is 14.2. The molecule has 228 valence electrons. The number of benzene rings is 2. The number of fused-ring (bicyclic) bond motifs is 5. The van der Waals surface area contributed by atoms with Crippen molar-refractivity contribution in [2.24, 2.45) is 7.05 Å². The number of carbonyl (C=O) groups is 3. The number of piperidine rings is 1. The number of amides is 3. The Morgan fingerprint density at radius 2 is 2.02 bits per heavy atom. The molecule has 5 rings (SSSR count). The van der Waals surface area contributed by atoms with Gasteiger partial charge in [0.2, 0.25) is 11.8 Å². The van der Waals surface area contributed by atoms with Gasteiger partial charge in [-0.25, -0.2) is 4.39 Å². The van der Waals surface area contributed by atoms with E-state index in [-0.39, 0.29) is 49.4 Å². The van der Waals surface area contributed by atoms with Crippen LogP contribution in [0.3, 0.4) is 0 Å². The predicted octanol–water partition coefficient (Wildman–Crippen LogP) is 1.86. The highest BCUT2D eigenvalue weighted by Crippen LogP contribution is 2.29. The first-order valence-electron chi connectivity index (χ1n) is 13.8. The Hall–Kier alpha value is -4.33. The summed E-state index contributed by atoms with van der Waals surface area (Å²) in [4.78, 5) is 40.4. The molecular weight excluding hydrogens is 579 g/mol. The number of hydrogen-bond donors (Lipinski definition) is 2. The predicted molar refractivity (Wildman–Crippen MR) is 154 cm³/mol. The lowest BCUT2D eigenvalue weighted by atomic mass is 10.0. The zero-order chi connectivity index (χ0) is 30.3. The molecule has 2 aliphatic rings. The molecule has 2 N–H and O–H groups in total. The molecule has 3 heterocycles. The molecular formula is C29H33FN6O6S. The number of halogens is 1. The maximum absolute atomic E-state index is 14.5. The van der Waals surface area contributed by atoms with E-state index in [1.807, 2.05) is 6.07 Å². The van der Waals surface area contributed by atoms with Crippen LogP contribution in [0, 0.1) is 5.82 Å². The number of ether oxygens (including phenoxy) is 3. The fraction of sp³-hybridized carbons (Fsp3) is 0.414. The van der Waals surface area contributed by atoms with Crippen molar-refractivity contribution in [2.75, 3.05) is 32.6 Å². The number of carbonyl (C=O) groups excluding carboxylic acids is 3. The number of nitrogens with zero attached hydrogens (tertiary/aromatic N) is 4. The van der Waals surface area contributed by atoms with Crippen molar-refractivity contribution in [2.45, 2.75) is 43.1 Å². The van der Waals surface area contributed by atoms with Gasteiger partial charge in [0.25, 0.3) is 5.91 Å². The molecule has 1 fully saturated rings. The number of rotatable bonds is 4. The van der Waals surface area contributed by atoms with Gasteiger partial charge < -0.3 is 34.3 Å². The second kappa shape index (κ2) is 13.8. The van der Waals surface area contributed by atoms with E-state index in [1.165, 1.54) is 31.0 Å². The van der Waals surface area contributed by atoms with Gasteiger partial charge in [0.05, 0.1) is 18.9 Å². The molecule has 0 radical (unpaired) electrons. The first-order chi connectivity index (χ1) is 20.8. The third kappa shape index (κ3) is 7.95. The number of aryl methyl sites for hydroxylation is 2. The Labute approximate surface area is 252 Å². The molecule has 12 nitrogen and oxygen atoms in total. The molecule has 1 saturated heterocycles. The highest BCUT2D eigenvalue weighted by molar-refractivity contribution is 7.99. The molecule has 43 heavy (non-hydrogen) atoms. The van der Waals surface area contributed by atoms with Crippen LogP contribution in [0.25, 0.3) is 0 Å². The number of hydrogen-bond acceptors (Lipinski definition) is 9. The number of aromatic nitrogens is 3. The summed E-state index contributed by atoms with van der Waals surface area (Å²) in [6.07, 6.45) is 2.04. The van der Waals surface area contributed by atoms with Gasteiger partial charge in [-0.1, -0.05) is 17.8 Å². The van der Waals surface area contributed by atoms with Crippen molar-refractivity contribution in [1.82, 2.24) is 30.3 Å². The van der Waals surface area contributed by atoms with Gasteiger partial charge in [0.15, 0.2) is 23.3 Å². The van der Waals surface area contributed by atoms with Gasteiger partial charge in [0, 0.05) is 45.6 Å². The molecule has 1 aromatic heterocycles. The number of thioether (sulfide) groups is 1. The van der Waals surface area contributed by atoms with E-state index in [2.05, 4.69) is 20.8 Å². The Kier molecular flexibility index (Phi) is 9.65. The average molecular weight is 613 g/mol. The van der Waals surface area contributed by atoms with E-state index in [0.29, 0.717) is 41.6 Å². The van der Waals surface area contributed by atoms with E-state index in [9.17, 15) is 18.8 Å². The van der Waals surface area contributed by atoms with Crippen LogP contribution in [-0.2, 0) is 34.4 Å². The lowest BCUT2D eigenvalue weighted by molar-refractivity contribution is -0.133. The monoisotopic (exact) mass is 612 g/mol. The largest absolute Gasteiger partial charge is 0.493 e. The van der Waals surface area contributed by atoms with E-state index in [1.54, 1.807) is 41.0 Å². The summed E-state index contributed by atoms with van der Waals surface area (Å²) in [6, 6.07) is 8.96. The van der Waals surface area contributed by atoms with Crippen LogP contribution in [0.5, 0.6) is 17.2 Å². The first-order valence-corrected chi connectivity index (χ1v) is 14.8. The molecule has 2 aliphatic heterocycles. The highest BCUT2D eigenvalue weighted by Gasteiger charge is 2.34. The summed E-state index contributed by atoms with van der Waals surface area (Å²) in [7, 11) is 3.30. The maximum atomic E-state index is 14.5. The van der Waals surface area contributed by atoms with Crippen LogP contribution < -0.4 is 24.8 Å². The van der Waals surface area contributed by atoms with Crippen molar-refractivity contribution in [3.05, 3.63) is 59.7 Å². The van der Waals surface area contributed by atoms with Crippen molar-refractivity contribution < 1.29 is 33.0 Å². The molecule has 2 aromatic carbocycles. The fourth-order valence-corrected chi connectivity index (χ4v) is 5.74. The van der Waals surface area contributed by atoms with E-state index < -0.39 is 23.9 Å². The second-order valence-corrected chi connectivity index (χ2v) is 11.3. The topological polar surface area (TPSA) is 137 Å². The van der Waals surface area contributed by atoms with Crippen LogP contribution >= 0.6 is 11.8 Å². The highest BCUT2D eigenvalue weighted by atomic mass is 32.2. The quantitative estimate of drug-likeness (QED) is 0.423. The summed E-state index contributed by atoms with van der Waals surface area (Å²) in [6.45, 7) is 0.378. The SMILES string of the molecule is COc1ccc2cc1OCC(=O)N[C@@H]1CN(C(=O)CSc3nncn3C)CC[C@H]1Oc1cc(F)cc(c1)CNC(=O)CC2. The average Bonchev–Trinajstić information content (AvgIpc) is 3.41. The third-order valence-electron chi connectivity index (χ3n) is 7.18. The fourth-order valence-electron chi connectivity index (χ4n) is 4.95. The maximum Gasteiger partial charge on any atom is 0.258 e. The van der Waals surface area contributed by atoms with Gasteiger partial charge in [-0.05, 0) is 41.8 Å². The Bertz CT molecular complexity index is 1490. The molecule has 0 saturated carbocycles. The van der Waals surface area contributed by atoms with Crippen molar-refractivity contribution in [1.29, 1.82) is 0 Å². The zero-order valence-electron chi connectivity index (χ0n) is 23.9. The first kappa shape index (κ1) is 30.1. The Morgan fingerprint density at radius 3 is 2.81 bits per heavy atom. The molecule has 3 aromatic rings. The molecule has 4 bridgehead atoms. The van der Waals surface area contributed by atoms with Crippen LogP contribution in [-0.4, -0.2) is 82.1 Å². The summed E-state index contributed by atoms with van der Waals surface area (Å²) < 4.78 is 33.7. The summed E-state index contributed by atoms with van der Waals surface area (Å²) >= 11 is 1.28. The van der Waals surface area contributed by atoms with Crippen LogP contribution in [0.4, 0.5) is 4.39 Å². The lowest BCUT2D eigenvalue weighted by Crippen LogP contribution is -2.59. The van der Waals surface area contributed by atoms with Crippen LogP contribution in [0.2, 0.25) is 0 Å². The van der Waals surface area contributed by atoms with E-state index in [0.717, 1.165) is 5.56 Å². The smallest absolute Gasteiger partial charge is 0.258 e. The van der Waals surface area contributed by atoms with Crippen molar-refractivity contribution in [3.8, 4) is 17.2 Å². The molecule has 14 heteroatoms. The molecule has 0 aliphatic carbocycles. The van der Waals surface area contributed by atoms with E-state index >= 15 is 0 Å². The molecule has 0 unspecified atom stereocenters. The molecule has 2 atom stereocenters. The number of methoxy groups -OCH3 is 1. The number of nitrogens with one attached hydrogen (secondary N) is 2. The minimum absolute atomic E-state index is 0.123. The van der Waals surface area contributed by atoms with Crippen molar-refractivity contribution >= 4 is 29.5 Å². The minimum Gasteiger partial charge on any atom is -0.493 e. The summed E-state index contributed by atoms with van der Waals surface area (Å²) in [5.74, 6) is -0.0108. The normalized spacial score (nSPS) is 19.5. The Morgan fingerprint density at radius 1 is 1.16 bits per heavy atom. The van der Waals surface area contributed by atoms with Gasteiger partial charge in [-0.3, -0.25) is 14.4 Å². The van der Waals surface area contributed by atoms with Gasteiger partial charge in [-0.2, -0.15) is 0 Å². The second-order valence-electron chi connectivity index (χ2n) is 10.3.